The van der Waals surface area contributed by atoms with Gasteiger partial charge in [0.05, 0.1) is 26.4 Å². The molecule has 6 heteroatoms. The minimum atomic E-state index is -0.164. The Morgan fingerprint density at radius 1 is 1.32 bits per heavy atom. The fourth-order valence-electron chi connectivity index (χ4n) is 3.18. The summed E-state index contributed by atoms with van der Waals surface area (Å²) < 4.78 is 16.3. The van der Waals surface area contributed by atoms with Crippen molar-refractivity contribution in [3.8, 4) is 11.5 Å². The van der Waals surface area contributed by atoms with Gasteiger partial charge in [-0.25, -0.2) is 0 Å². The van der Waals surface area contributed by atoms with Crippen LogP contribution in [0.4, 0.5) is 0 Å². The fourth-order valence-corrected chi connectivity index (χ4v) is 3.18. The van der Waals surface area contributed by atoms with E-state index in [1.54, 1.807) is 14.2 Å². The first kappa shape index (κ1) is 19.5. The summed E-state index contributed by atoms with van der Waals surface area (Å²) >= 11 is 0. The predicted molar refractivity (Wildman–Crippen MR) is 97.1 cm³/mol. The summed E-state index contributed by atoms with van der Waals surface area (Å²) in [6.07, 6.45) is 2.38. The second kappa shape index (κ2) is 9.63. The molecule has 0 aromatic heterocycles. The third-order valence-corrected chi connectivity index (χ3v) is 4.65. The third kappa shape index (κ3) is 5.34. The van der Waals surface area contributed by atoms with Crippen LogP contribution < -0.4 is 14.8 Å². The van der Waals surface area contributed by atoms with Crippen LogP contribution in [0.3, 0.4) is 0 Å². The quantitative estimate of drug-likeness (QED) is 0.779. The average Bonchev–Trinajstić information content (AvgIpc) is 2.65. The first-order valence-corrected chi connectivity index (χ1v) is 8.93. The number of ether oxygens (including phenoxy) is 3. The normalized spacial score (nSPS) is 19.3. The van der Waals surface area contributed by atoms with Crippen molar-refractivity contribution >= 4 is 5.91 Å². The van der Waals surface area contributed by atoms with Crippen LogP contribution in [-0.2, 0) is 16.1 Å². The summed E-state index contributed by atoms with van der Waals surface area (Å²) in [5, 5.41) is 3.01. The summed E-state index contributed by atoms with van der Waals surface area (Å²) in [6, 6.07) is 5.50. The highest BCUT2D eigenvalue weighted by atomic mass is 16.5. The van der Waals surface area contributed by atoms with Gasteiger partial charge in [-0.05, 0) is 50.9 Å². The van der Waals surface area contributed by atoms with E-state index in [1.807, 2.05) is 32.0 Å². The lowest BCUT2D eigenvalue weighted by Crippen LogP contribution is -2.50. The topological polar surface area (TPSA) is 60.0 Å². The van der Waals surface area contributed by atoms with Crippen molar-refractivity contribution < 1.29 is 19.0 Å². The molecule has 6 nitrogen and oxygen atoms in total. The van der Waals surface area contributed by atoms with Crippen LogP contribution in [0.15, 0.2) is 18.2 Å². The Bertz CT molecular complexity index is 562. The van der Waals surface area contributed by atoms with Crippen molar-refractivity contribution in [1.29, 1.82) is 0 Å². The minimum absolute atomic E-state index is 0.0342. The number of hydrogen-bond acceptors (Lipinski definition) is 5. The molecule has 1 heterocycles. The first-order chi connectivity index (χ1) is 12.1. The van der Waals surface area contributed by atoms with Crippen molar-refractivity contribution in [3.63, 3.8) is 0 Å². The summed E-state index contributed by atoms with van der Waals surface area (Å²) in [5.74, 6) is 1.38. The van der Waals surface area contributed by atoms with Gasteiger partial charge < -0.3 is 19.5 Å². The predicted octanol–water partition coefficient (Wildman–Crippen LogP) is 2.21. The molecule has 1 N–H and O–H groups in total. The van der Waals surface area contributed by atoms with Crippen LogP contribution in [0, 0.1) is 0 Å². The maximum atomic E-state index is 12.5. The third-order valence-electron chi connectivity index (χ3n) is 4.65. The first-order valence-electron chi connectivity index (χ1n) is 8.93. The second-order valence-corrected chi connectivity index (χ2v) is 6.30. The van der Waals surface area contributed by atoms with Crippen LogP contribution >= 0.6 is 0 Å². The van der Waals surface area contributed by atoms with Crippen molar-refractivity contribution in [3.05, 3.63) is 23.8 Å². The lowest BCUT2D eigenvalue weighted by molar-refractivity contribution is -0.127. The Morgan fingerprint density at radius 3 is 2.76 bits per heavy atom. The molecule has 0 aliphatic carbocycles. The molecule has 1 amide bonds. The van der Waals surface area contributed by atoms with Crippen LogP contribution in [0.5, 0.6) is 11.5 Å². The van der Waals surface area contributed by atoms with Crippen molar-refractivity contribution in [1.82, 2.24) is 10.2 Å². The molecule has 2 rings (SSSR count). The zero-order chi connectivity index (χ0) is 18.2. The highest BCUT2D eigenvalue weighted by Crippen LogP contribution is 2.27. The van der Waals surface area contributed by atoms with Gasteiger partial charge in [-0.15, -0.1) is 0 Å². The summed E-state index contributed by atoms with van der Waals surface area (Å²) in [7, 11) is 3.21. The van der Waals surface area contributed by atoms with Crippen molar-refractivity contribution in [2.24, 2.45) is 0 Å². The molecule has 1 saturated heterocycles. The lowest BCUT2D eigenvalue weighted by Gasteiger charge is -2.35. The molecule has 1 aromatic rings. The van der Waals surface area contributed by atoms with E-state index in [4.69, 9.17) is 14.2 Å². The van der Waals surface area contributed by atoms with Crippen molar-refractivity contribution in [2.75, 3.05) is 33.9 Å². The molecule has 0 saturated carbocycles. The van der Waals surface area contributed by atoms with Gasteiger partial charge in [0, 0.05) is 19.7 Å². The number of rotatable bonds is 8. The number of hydrogen-bond donors (Lipinski definition) is 1. The number of nitrogens with zero attached hydrogens (tertiary/aromatic N) is 1. The molecule has 0 bridgehead atoms. The molecule has 25 heavy (non-hydrogen) atoms. The summed E-state index contributed by atoms with van der Waals surface area (Å²) in [4.78, 5) is 14.7. The molecule has 0 radical (unpaired) electrons. The van der Waals surface area contributed by atoms with Crippen LogP contribution in [-0.4, -0.2) is 56.9 Å². The van der Waals surface area contributed by atoms with E-state index >= 15 is 0 Å². The number of carbonyl (C=O) groups is 1. The van der Waals surface area contributed by atoms with Gasteiger partial charge in [-0.3, -0.25) is 9.69 Å². The number of benzene rings is 1. The molecule has 2 unspecified atom stereocenters. The Balaban J connectivity index is 1.89. The smallest absolute Gasteiger partial charge is 0.237 e. The number of nitrogens with one attached hydrogen (secondary N) is 1. The van der Waals surface area contributed by atoms with E-state index in [9.17, 15) is 4.79 Å². The van der Waals surface area contributed by atoms with E-state index in [1.165, 1.54) is 0 Å². The lowest BCUT2D eigenvalue weighted by atomic mass is 10.1. The largest absolute Gasteiger partial charge is 0.493 e. The number of carbonyl (C=O) groups excluding carboxylic acids is 1. The fraction of sp³-hybridized carbons (Fsp3) is 0.632. The molecule has 2 atom stereocenters. The Morgan fingerprint density at radius 2 is 2.08 bits per heavy atom. The van der Waals surface area contributed by atoms with Gasteiger partial charge >= 0.3 is 0 Å². The number of piperidine rings is 1. The molecule has 1 aliphatic rings. The highest BCUT2D eigenvalue weighted by Gasteiger charge is 2.27. The zero-order valence-corrected chi connectivity index (χ0v) is 15.7. The molecule has 1 aromatic carbocycles. The van der Waals surface area contributed by atoms with Gasteiger partial charge in [-0.2, -0.15) is 0 Å². The standard InChI is InChI=1S/C19H30N2O4/c1-5-25-16-7-6-10-21(13-16)14(2)19(22)20-12-15-8-9-17(23-3)18(11-15)24-4/h8-9,11,14,16H,5-7,10,12-13H2,1-4H3,(H,20,22). The Kier molecular flexibility index (Phi) is 7.52. The van der Waals surface area contributed by atoms with Crippen LogP contribution in [0.25, 0.3) is 0 Å². The zero-order valence-electron chi connectivity index (χ0n) is 15.7. The highest BCUT2D eigenvalue weighted by molar-refractivity contribution is 5.81. The maximum absolute atomic E-state index is 12.5. The molecular formula is C19H30N2O4. The molecular weight excluding hydrogens is 320 g/mol. The maximum Gasteiger partial charge on any atom is 0.237 e. The molecule has 1 aliphatic heterocycles. The van der Waals surface area contributed by atoms with Crippen molar-refractivity contribution in [2.45, 2.75) is 45.4 Å². The molecule has 1 fully saturated rings. The second-order valence-electron chi connectivity index (χ2n) is 6.30. The number of methoxy groups -OCH3 is 2. The monoisotopic (exact) mass is 350 g/mol. The van der Waals surface area contributed by atoms with E-state index in [0.717, 1.165) is 38.1 Å². The summed E-state index contributed by atoms with van der Waals surface area (Å²) in [5.41, 5.74) is 0.976. The van der Waals surface area contributed by atoms with E-state index in [0.29, 0.717) is 18.0 Å². The molecule has 0 spiro atoms. The van der Waals surface area contributed by atoms with Gasteiger partial charge in [0.25, 0.3) is 0 Å². The van der Waals surface area contributed by atoms with E-state index in [2.05, 4.69) is 10.2 Å². The van der Waals surface area contributed by atoms with Crippen LogP contribution in [0.1, 0.15) is 32.3 Å². The van der Waals surface area contributed by atoms with Gasteiger partial charge in [0.2, 0.25) is 5.91 Å². The van der Waals surface area contributed by atoms with E-state index in [-0.39, 0.29) is 18.1 Å². The summed E-state index contributed by atoms with van der Waals surface area (Å²) in [6.45, 7) is 6.91. The Labute approximate surface area is 150 Å². The average molecular weight is 350 g/mol. The Hall–Kier alpha value is -1.79. The van der Waals surface area contributed by atoms with Gasteiger partial charge in [-0.1, -0.05) is 6.07 Å². The number of likely N-dealkylation sites (tertiary alicyclic amines) is 1. The van der Waals surface area contributed by atoms with Crippen LogP contribution in [0.2, 0.25) is 0 Å². The van der Waals surface area contributed by atoms with Gasteiger partial charge in [0.15, 0.2) is 11.5 Å². The minimum Gasteiger partial charge on any atom is -0.493 e. The van der Waals surface area contributed by atoms with Gasteiger partial charge in [0.1, 0.15) is 0 Å². The van der Waals surface area contributed by atoms with E-state index < -0.39 is 0 Å². The SMILES string of the molecule is CCOC1CCCN(C(C)C(=O)NCc2ccc(OC)c(OC)c2)C1. The number of amides is 1. The molecule has 140 valence electrons.